The monoisotopic (exact) mass is 294 g/mol. The van der Waals surface area contributed by atoms with E-state index in [0.717, 1.165) is 11.8 Å². The van der Waals surface area contributed by atoms with Crippen LogP contribution in [0.2, 0.25) is 0 Å². The maximum absolute atomic E-state index is 10.9. The summed E-state index contributed by atoms with van der Waals surface area (Å²) in [6, 6.07) is 3.31. The van der Waals surface area contributed by atoms with E-state index in [4.69, 9.17) is 14.6 Å². The number of carboxylic acids is 1. The zero-order valence-corrected chi connectivity index (χ0v) is 11.4. The molecule has 9 heteroatoms. The summed E-state index contributed by atoms with van der Waals surface area (Å²) < 4.78 is 9.87. The molecule has 0 aliphatic carbocycles. The van der Waals surface area contributed by atoms with Gasteiger partial charge in [0, 0.05) is 11.1 Å². The molecule has 1 N–H and O–H groups in total. The van der Waals surface area contributed by atoms with Crippen LogP contribution >= 0.6 is 11.8 Å². The van der Waals surface area contributed by atoms with Crippen molar-refractivity contribution in [1.82, 2.24) is 19.9 Å². The Morgan fingerprint density at radius 3 is 2.40 bits per heavy atom. The normalized spacial score (nSPS) is 10.1. The van der Waals surface area contributed by atoms with E-state index in [-0.39, 0.29) is 17.7 Å². The molecule has 20 heavy (non-hydrogen) atoms. The number of hydrogen-bond acceptors (Lipinski definition) is 8. The van der Waals surface area contributed by atoms with Gasteiger partial charge in [-0.1, -0.05) is 0 Å². The number of hydrogen-bond donors (Lipinski definition) is 1. The Morgan fingerprint density at radius 1 is 1.20 bits per heavy atom. The minimum atomic E-state index is -1.10. The van der Waals surface area contributed by atoms with Crippen molar-refractivity contribution in [2.24, 2.45) is 0 Å². The van der Waals surface area contributed by atoms with Gasteiger partial charge in [-0.3, -0.25) is 0 Å². The molecule has 2 aromatic rings. The van der Waals surface area contributed by atoms with E-state index < -0.39 is 5.97 Å². The van der Waals surface area contributed by atoms with Gasteiger partial charge in [0.15, 0.2) is 0 Å². The molecule has 0 atom stereocenters. The van der Waals surface area contributed by atoms with Crippen LogP contribution in [0.5, 0.6) is 12.0 Å². The molecule has 0 spiro atoms. The second-order valence-electron chi connectivity index (χ2n) is 3.38. The van der Waals surface area contributed by atoms with Gasteiger partial charge in [-0.2, -0.15) is 9.97 Å². The van der Waals surface area contributed by atoms with E-state index in [1.54, 1.807) is 6.07 Å². The molecule has 2 heterocycles. The molecule has 2 aromatic heterocycles. The van der Waals surface area contributed by atoms with E-state index in [9.17, 15) is 4.79 Å². The third-order valence-corrected chi connectivity index (χ3v) is 2.95. The van der Waals surface area contributed by atoms with Crippen LogP contribution in [0.25, 0.3) is 0 Å². The first-order chi connectivity index (χ1) is 9.62. The van der Waals surface area contributed by atoms with Gasteiger partial charge in [0.1, 0.15) is 5.69 Å². The summed E-state index contributed by atoms with van der Waals surface area (Å²) in [6.07, 6.45) is 1.40. The number of methoxy groups -OCH3 is 2. The number of rotatable bonds is 5. The molecular formula is C11H10N4O4S. The lowest BCUT2D eigenvalue weighted by molar-refractivity contribution is 0.0690. The topological polar surface area (TPSA) is 107 Å². The SMILES string of the molecule is COc1nc(OC)nc(Sc2ccnc(C(=O)O)c2)n1. The molecule has 104 valence electrons. The summed E-state index contributed by atoms with van der Waals surface area (Å²) in [6.45, 7) is 0. The van der Waals surface area contributed by atoms with Crippen molar-refractivity contribution in [1.29, 1.82) is 0 Å². The Bertz CT molecular complexity index is 615. The molecule has 0 fully saturated rings. The fourth-order valence-electron chi connectivity index (χ4n) is 1.25. The average molecular weight is 294 g/mol. The first-order valence-electron chi connectivity index (χ1n) is 5.33. The average Bonchev–Trinajstić information content (AvgIpc) is 2.47. The molecular weight excluding hydrogens is 284 g/mol. The molecule has 2 rings (SSSR count). The van der Waals surface area contributed by atoms with Gasteiger partial charge in [-0.05, 0) is 23.9 Å². The van der Waals surface area contributed by atoms with E-state index in [1.165, 1.54) is 26.5 Å². The van der Waals surface area contributed by atoms with E-state index in [0.29, 0.717) is 10.1 Å². The fourth-order valence-corrected chi connectivity index (χ4v) is 2.00. The summed E-state index contributed by atoms with van der Waals surface area (Å²) in [5.41, 5.74) is -0.0528. The lowest BCUT2D eigenvalue weighted by Crippen LogP contribution is -2.01. The summed E-state index contributed by atoms with van der Waals surface area (Å²) in [5, 5.41) is 9.22. The number of ether oxygens (including phenoxy) is 2. The van der Waals surface area contributed by atoms with Gasteiger partial charge in [0.25, 0.3) is 0 Å². The van der Waals surface area contributed by atoms with Crippen molar-refractivity contribution in [2.75, 3.05) is 14.2 Å². The van der Waals surface area contributed by atoms with Crippen LogP contribution in [0.1, 0.15) is 10.5 Å². The zero-order valence-electron chi connectivity index (χ0n) is 10.6. The quantitative estimate of drug-likeness (QED) is 0.868. The van der Waals surface area contributed by atoms with Crippen molar-refractivity contribution in [3.05, 3.63) is 24.0 Å². The molecule has 0 aliphatic heterocycles. The summed E-state index contributed by atoms with van der Waals surface area (Å²) in [7, 11) is 2.86. The minimum absolute atomic E-state index is 0.0528. The molecule has 0 bridgehead atoms. The van der Waals surface area contributed by atoms with E-state index in [1.807, 2.05) is 0 Å². The molecule has 0 radical (unpaired) electrons. The van der Waals surface area contributed by atoms with Gasteiger partial charge in [0.2, 0.25) is 5.16 Å². The smallest absolute Gasteiger partial charge is 0.354 e. The maximum atomic E-state index is 10.9. The lowest BCUT2D eigenvalue weighted by atomic mass is 10.4. The Labute approximate surface area is 118 Å². The third-order valence-electron chi connectivity index (χ3n) is 2.10. The summed E-state index contributed by atoms with van der Waals surface area (Å²) in [4.78, 5) is 27.2. The summed E-state index contributed by atoms with van der Waals surface area (Å²) >= 11 is 1.15. The van der Waals surface area contributed by atoms with Gasteiger partial charge >= 0.3 is 18.0 Å². The number of carbonyl (C=O) groups is 1. The Morgan fingerprint density at radius 2 is 1.85 bits per heavy atom. The molecule has 0 aromatic carbocycles. The molecule has 0 aliphatic rings. The van der Waals surface area contributed by atoms with Gasteiger partial charge in [-0.25, -0.2) is 9.78 Å². The number of aromatic carboxylic acids is 1. The van der Waals surface area contributed by atoms with E-state index >= 15 is 0 Å². The number of carboxylic acid groups (broad SMARTS) is 1. The highest BCUT2D eigenvalue weighted by Gasteiger charge is 2.11. The van der Waals surface area contributed by atoms with Crippen LogP contribution in [-0.2, 0) is 0 Å². The highest BCUT2D eigenvalue weighted by atomic mass is 32.2. The van der Waals surface area contributed by atoms with Crippen LogP contribution in [0, 0.1) is 0 Å². The minimum Gasteiger partial charge on any atom is -0.477 e. The van der Waals surface area contributed by atoms with Gasteiger partial charge in [0.05, 0.1) is 14.2 Å². The fraction of sp³-hybridized carbons (Fsp3) is 0.182. The van der Waals surface area contributed by atoms with Gasteiger partial charge in [-0.15, -0.1) is 4.98 Å². The van der Waals surface area contributed by atoms with Crippen LogP contribution in [0.4, 0.5) is 0 Å². The molecule has 0 saturated heterocycles. The third kappa shape index (κ3) is 3.32. The second kappa shape index (κ2) is 6.15. The Hall–Kier alpha value is -2.42. The zero-order chi connectivity index (χ0) is 14.5. The highest BCUT2D eigenvalue weighted by molar-refractivity contribution is 7.99. The predicted octanol–water partition coefficient (Wildman–Crippen LogP) is 1.13. The van der Waals surface area contributed by atoms with Crippen LogP contribution in [0.3, 0.4) is 0 Å². The van der Waals surface area contributed by atoms with Crippen molar-refractivity contribution in [3.8, 4) is 12.0 Å². The number of nitrogens with zero attached hydrogens (tertiary/aromatic N) is 4. The molecule has 0 unspecified atom stereocenters. The highest BCUT2D eigenvalue weighted by Crippen LogP contribution is 2.26. The van der Waals surface area contributed by atoms with Crippen molar-refractivity contribution in [3.63, 3.8) is 0 Å². The maximum Gasteiger partial charge on any atom is 0.354 e. The second-order valence-corrected chi connectivity index (χ2v) is 4.42. The first-order valence-corrected chi connectivity index (χ1v) is 6.15. The summed E-state index contributed by atoms with van der Waals surface area (Å²) in [5.74, 6) is -1.10. The van der Waals surface area contributed by atoms with Crippen molar-refractivity contribution in [2.45, 2.75) is 10.1 Å². The predicted molar refractivity (Wildman–Crippen MR) is 68.3 cm³/mol. The van der Waals surface area contributed by atoms with Gasteiger partial charge < -0.3 is 14.6 Å². The first kappa shape index (κ1) is 14.0. The standard InChI is InChI=1S/C11H10N4O4S/c1-18-9-13-10(19-2)15-11(14-9)20-6-3-4-12-7(5-6)8(16)17/h3-5H,1-2H3,(H,16,17). The van der Waals surface area contributed by atoms with E-state index in [2.05, 4.69) is 19.9 Å². The molecule has 8 nitrogen and oxygen atoms in total. The largest absolute Gasteiger partial charge is 0.477 e. The number of aromatic nitrogens is 4. The van der Waals surface area contributed by atoms with Crippen molar-refractivity contribution < 1.29 is 19.4 Å². The molecule has 0 saturated carbocycles. The van der Waals surface area contributed by atoms with Crippen molar-refractivity contribution >= 4 is 17.7 Å². The van der Waals surface area contributed by atoms with Crippen LogP contribution < -0.4 is 9.47 Å². The Kier molecular flexibility index (Phi) is 4.31. The number of pyridine rings is 1. The molecule has 0 amide bonds. The Balaban J connectivity index is 2.29. The van der Waals surface area contributed by atoms with Crippen LogP contribution in [0.15, 0.2) is 28.4 Å². The lowest BCUT2D eigenvalue weighted by Gasteiger charge is -2.04. The van der Waals surface area contributed by atoms with Crippen LogP contribution in [-0.4, -0.2) is 45.2 Å².